The molecular weight excluding hydrogens is 250 g/mol. The molecule has 6 heteroatoms. The number of nitrogens with one attached hydrogen (secondary N) is 1. The van der Waals surface area contributed by atoms with Crippen LogP contribution < -0.4 is 5.32 Å². The second-order valence-electron chi connectivity index (χ2n) is 4.83. The Balaban J connectivity index is 2.11. The van der Waals surface area contributed by atoms with Gasteiger partial charge in [0.15, 0.2) is 0 Å². The Labute approximate surface area is 110 Å². The van der Waals surface area contributed by atoms with Gasteiger partial charge in [-0.05, 0) is 12.8 Å². The van der Waals surface area contributed by atoms with Crippen molar-refractivity contribution in [2.75, 3.05) is 6.54 Å². The van der Waals surface area contributed by atoms with Crippen molar-refractivity contribution in [1.29, 1.82) is 0 Å². The molecule has 0 aliphatic carbocycles. The van der Waals surface area contributed by atoms with Crippen molar-refractivity contribution in [1.82, 2.24) is 15.2 Å². The third kappa shape index (κ3) is 2.69. The Bertz CT molecular complexity index is 470. The van der Waals surface area contributed by atoms with Crippen LogP contribution in [-0.2, 0) is 16.1 Å². The first-order valence-corrected chi connectivity index (χ1v) is 6.78. The van der Waals surface area contributed by atoms with E-state index in [0.29, 0.717) is 6.54 Å². The van der Waals surface area contributed by atoms with Crippen LogP contribution in [0.3, 0.4) is 0 Å². The fraction of sp³-hybridized carbons (Fsp3) is 0.583. The Morgan fingerprint density at radius 3 is 2.83 bits per heavy atom. The van der Waals surface area contributed by atoms with Gasteiger partial charge in [0.1, 0.15) is 6.04 Å². The highest BCUT2D eigenvalue weighted by Crippen LogP contribution is 2.17. The van der Waals surface area contributed by atoms with E-state index in [0.717, 1.165) is 9.88 Å². The predicted octanol–water partition coefficient (Wildman–Crippen LogP) is 0.935. The standard InChI is InChI=1S/C12H17N3O2S/c1-7(2)11-12(17)15(6-10(16)14-11)5-9-4-13-8(3)18-9/h4,7,11H,5-6H2,1-3H3,(H,14,16). The Kier molecular flexibility index (Phi) is 3.65. The molecule has 2 rings (SSSR count). The van der Waals surface area contributed by atoms with E-state index in [2.05, 4.69) is 10.3 Å². The van der Waals surface area contributed by atoms with Gasteiger partial charge in [0, 0.05) is 11.1 Å². The van der Waals surface area contributed by atoms with Gasteiger partial charge in [0.05, 0.1) is 18.1 Å². The molecule has 18 heavy (non-hydrogen) atoms. The highest BCUT2D eigenvalue weighted by molar-refractivity contribution is 7.11. The first-order valence-electron chi connectivity index (χ1n) is 5.97. The minimum absolute atomic E-state index is 0.00402. The topological polar surface area (TPSA) is 62.3 Å². The first-order chi connectivity index (χ1) is 8.47. The Morgan fingerprint density at radius 2 is 2.28 bits per heavy atom. The lowest BCUT2D eigenvalue weighted by Crippen LogP contribution is -2.59. The number of carbonyl (C=O) groups is 2. The second-order valence-corrected chi connectivity index (χ2v) is 6.15. The van der Waals surface area contributed by atoms with Gasteiger partial charge >= 0.3 is 0 Å². The zero-order chi connectivity index (χ0) is 13.3. The second kappa shape index (κ2) is 5.06. The molecule has 0 saturated carbocycles. The number of aryl methyl sites for hydroxylation is 1. The van der Waals surface area contributed by atoms with Crippen molar-refractivity contribution < 1.29 is 9.59 Å². The molecule has 0 spiro atoms. The third-order valence-corrected chi connectivity index (χ3v) is 3.81. The van der Waals surface area contributed by atoms with Crippen LogP contribution in [0, 0.1) is 12.8 Å². The van der Waals surface area contributed by atoms with Crippen molar-refractivity contribution >= 4 is 23.2 Å². The zero-order valence-electron chi connectivity index (χ0n) is 10.8. The molecule has 1 saturated heterocycles. The lowest BCUT2D eigenvalue weighted by atomic mass is 10.0. The molecule has 2 heterocycles. The number of piperazine rings is 1. The van der Waals surface area contributed by atoms with Crippen molar-refractivity contribution in [3.05, 3.63) is 16.1 Å². The van der Waals surface area contributed by atoms with Gasteiger partial charge in [0.25, 0.3) is 0 Å². The summed E-state index contributed by atoms with van der Waals surface area (Å²) in [4.78, 5) is 30.6. The van der Waals surface area contributed by atoms with E-state index in [1.165, 1.54) is 0 Å². The third-order valence-electron chi connectivity index (χ3n) is 2.91. The number of thiazole rings is 1. The number of hydrogen-bond acceptors (Lipinski definition) is 4. The molecule has 0 radical (unpaired) electrons. The quantitative estimate of drug-likeness (QED) is 0.886. The summed E-state index contributed by atoms with van der Waals surface area (Å²) < 4.78 is 0. The molecule has 1 aromatic heterocycles. The summed E-state index contributed by atoms with van der Waals surface area (Å²) in [6.45, 7) is 6.40. The number of amides is 2. The summed E-state index contributed by atoms with van der Waals surface area (Å²) in [5.41, 5.74) is 0. The van der Waals surface area contributed by atoms with Gasteiger partial charge in [0.2, 0.25) is 11.8 Å². The lowest BCUT2D eigenvalue weighted by Gasteiger charge is -2.34. The average molecular weight is 267 g/mol. The summed E-state index contributed by atoms with van der Waals surface area (Å²) in [6, 6.07) is -0.403. The largest absolute Gasteiger partial charge is 0.343 e. The molecule has 1 unspecified atom stereocenters. The SMILES string of the molecule is Cc1ncc(CN2CC(=O)NC(C(C)C)C2=O)s1. The highest BCUT2D eigenvalue weighted by atomic mass is 32.1. The Morgan fingerprint density at radius 1 is 1.56 bits per heavy atom. The van der Waals surface area contributed by atoms with Crippen LogP contribution in [-0.4, -0.2) is 34.3 Å². The summed E-state index contributed by atoms with van der Waals surface area (Å²) in [5.74, 6) is 0.0117. The highest BCUT2D eigenvalue weighted by Gasteiger charge is 2.34. The van der Waals surface area contributed by atoms with Gasteiger partial charge in [-0.2, -0.15) is 0 Å². The van der Waals surface area contributed by atoms with E-state index in [4.69, 9.17) is 0 Å². The molecule has 1 aliphatic rings. The van der Waals surface area contributed by atoms with E-state index in [1.807, 2.05) is 20.8 Å². The number of nitrogens with zero attached hydrogens (tertiary/aromatic N) is 2. The maximum atomic E-state index is 12.2. The minimum atomic E-state index is -0.403. The number of carbonyl (C=O) groups excluding carboxylic acids is 2. The molecule has 0 bridgehead atoms. The average Bonchev–Trinajstić information content (AvgIpc) is 2.68. The summed E-state index contributed by atoms with van der Waals surface area (Å²) in [7, 11) is 0. The fourth-order valence-corrected chi connectivity index (χ4v) is 2.79. The zero-order valence-corrected chi connectivity index (χ0v) is 11.6. The van der Waals surface area contributed by atoms with Crippen LogP contribution in [0.15, 0.2) is 6.20 Å². The van der Waals surface area contributed by atoms with Crippen molar-refractivity contribution in [2.45, 2.75) is 33.4 Å². The van der Waals surface area contributed by atoms with Crippen LogP contribution in [0.5, 0.6) is 0 Å². The number of rotatable bonds is 3. The van der Waals surface area contributed by atoms with Gasteiger partial charge in [-0.3, -0.25) is 9.59 Å². The van der Waals surface area contributed by atoms with Gasteiger partial charge in [-0.25, -0.2) is 4.98 Å². The van der Waals surface area contributed by atoms with Crippen molar-refractivity contribution in [3.8, 4) is 0 Å². The first kappa shape index (κ1) is 13.0. The van der Waals surface area contributed by atoms with E-state index in [9.17, 15) is 9.59 Å². The number of aromatic nitrogens is 1. The van der Waals surface area contributed by atoms with Crippen LogP contribution in [0.1, 0.15) is 23.7 Å². The lowest BCUT2D eigenvalue weighted by molar-refractivity contribution is -0.146. The van der Waals surface area contributed by atoms with Crippen LogP contribution in [0.4, 0.5) is 0 Å². The van der Waals surface area contributed by atoms with E-state index in [-0.39, 0.29) is 24.3 Å². The minimum Gasteiger partial charge on any atom is -0.343 e. The molecule has 1 aromatic rings. The van der Waals surface area contributed by atoms with Crippen LogP contribution in [0.25, 0.3) is 0 Å². The Hall–Kier alpha value is -1.43. The van der Waals surface area contributed by atoms with Gasteiger partial charge < -0.3 is 10.2 Å². The van der Waals surface area contributed by atoms with Gasteiger partial charge in [-0.1, -0.05) is 13.8 Å². The van der Waals surface area contributed by atoms with Gasteiger partial charge in [-0.15, -0.1) is 11.3 Å². The molecule has 1 aliphatic heterocycles. The molecule has 98 valence electrons. The van der Waals surface area contributed by atoms with E-state index >= 15 is 0 Å². The molecule has 1 N–H and O–H groups in total. The maximum Gasteiger partial charge on any atom is 0.246 e. The molecular formula is C12H17N3O2S. The summed E-state index contributed by atoms with van der Waals surface area (Å²) in [5, 5.41) is 3.72. The van der Waals surface area contributed by atoms with Crippen LogP contribution >= 0.6 is 11.3 Å². The maximum absolute atomic E-state index is 12.2. The fourth-order valence-electron chi connectivity index (χ4n) is 1.98. The van der Waals surface area contributed by atoms with Crippen molar-refractivity contribution in [2.24, 2.45) is 5.92 Å². The smallest absolute Gasteiger partial charge is 0.246 e. The summed E-state index contributed by atoms with van der Waals surface area (Å²) >= 11 is 1.56. The molecule has 1 fully saturated rings. The number of hydrogen-bond donors (Lipinski definition) is 1. The summed E-state index contributed by atoms with van der Waals surface area (Å²) in [6.07, 6.45) is 1.77. The molecule has 5 nitrogen and oxygen atoms in total. The normalized spacial score (nSPS) is 20.4. The molecule has 0 aromatic carbocycles. The monoisotopic (exact) mass is 267 g/mol. The van der Waals surface area contributed by atoms with Crippen LogP contribution in [0.2, 0.25) is 0 Å². The van der Waals surface area contributed by atoms with Crippen molar-refractivity contribution in [3.63, 3.8) is 0 Å². The van der Waals surface area contributed by atoms with E-state index < -0.39 is 6.04 Å². The molecule has 1 atom stereocenters. The predicted molar refractivity (Wildman–Crippen MR) is 69.0 cm³/mol. The van der Waals surface area contributed by atoms with E-state index in [1.54, 1.807) is 22.4 Å². The molecule has 2 amide bonds.